The Labute approximate surface area is 92.5 Å². The van der Waals surface area contributed by atoms with Crippen LogP contribution in [0.1, 0.15) is 5.82 Å². The fourth-order valence-electron chi connectivity index (χ4n) is 1.66. The van der Waals surface area contributed by atoms with Crippen LogP contribution in [0, 0.1) is 0 Å². The van der Waals surface area contributed by atoms with E-state index in [1.165, 1.54) is 4.57 Å². The number of hydrogen-bond acceptors (Lipinski definition) is 4. The zero-order valence-electron chi connectivity index (χ0n) is 9.23. The highest BCUT2D eigenvalue weighted by molar-refractivity contribution is 5.83. The molecule has 0 aliphatic carbocycles. The van der Waals surface area contributed by atoms with Gasteiger partial charge in [-0.15, -0.1) is 0 Å². The second-order valence-corrected chi connectivity index (χ2v) is 3.45. The quantitative estimate of drug-likeness (QED) is 0.793. The predicted molar refractivity (Wildman–Crippen MR) is 61.4 cm³/mol. The first-order valence-corrected chi connectivity index (χ1v) is 4.91. The van der Waals surface area contributed by atoms with Gasteiger partial charge in [0.2, 0.25) is 0 Å². The fourth-order valence-corrected chi connectivity index (χ4v) is 1.66. The van der Waals surface area contributed by atoms with Crippen molar-refractivity contribution >= 4 is 10.9 Å². The summed E-state index contributed by atoms with van der Waals surface area (Å²) in [6.07, 6.45) is 0. The third kappa shape index (κ3) is 1.45. The molecule has 0 saturated carbocycles. The Hall–Kier alpha value is -1.88. The van der Waals surface area contributed by atoms with E-state index in [0.717, 1.165) is 0 Å². The van der Waals surface area contributed by atoms with E-state index in [0.29, 0.717) is 22.5 Å². The topological polar surface area (TPSA) is 70.1 Å². The molecule has 5 nitrogen and oxygen atoms in total. The Bertz CT molecular complexity index is 590. The lowest BCUT2D eigenvalue weighted by molar-refractivity contribution is 0.418. The average Bonchev–Trinajstić information content (AvgIpc) is 2.33. The van der Waals surface area contributed by atoms with E-state index in [-0.39, 0.29) is 12.1 Å². The van der Waals surface area contributed by atoms with E-state index >= 15 is 0 Å². The number of benzene rings is 1. The van der Waals surface area contributed by atoms with E-state index in [1.54, 1.807) is 32.4 Å². The normalized spacial score (nSPS) is 10.7. The highest BCUT2D eigenvalue weighted by atomic mass is 16.5. The zero-order chi connectivity index (χ0) is 11.7. The zero-order valence-corrected chi connectivity index (χ0v) is 9.23. The Morgan fingerprint density at radius 3 is 2.88 bits per heavy atom. The van der Waals surface area contributed by atoms with Crippen molar-refractivity contribution < 1.29 is 4.74 Å². The summed E-state index contributed by atoms with van der Waals surface area (Å²) in [4.78, 5) is 16.3. The molecule has 0 saturated heterocycles. The summed E-state index contributed by atoms with van der Waals surface area (Å²) in [5.41, 5.74) is 6.00. The van der Waals surface area contributed by atoms with Crippen molar-refractivity contribution in [1.29, 1.82) is 0 Å². The number of hydrogen-bond donors (Lipinski definition) is 1. The van der Waals surface area contributed by atoms with Gasteiger partial charge in [0, 0.05) is 7.05 Å². The molecule has 0 bridgehead atoms. The van der Waals surface area contributed by atoms with E-state index in [1.807, 2.05) is 0 Å². The van der Waals surface area contributed by atoms with Crippen LogP contribution >= 0.6 is 0 Å². The first-order valence-electron chi connectivity index (χ1n) is 4.91. The van der Waals surface area contributed by atoms with Crippen LogP contribution in [0.2, 0.25) is 0 Å². The summed E-state index contributed by atoms with van der Waals surface area (Å²) in [5.74, 6) is 1.13. The third-order valence-electron chi connectivity index (χ3n) is 2.56. The van der Waals surface area contributed by atoms with Crippen molar-refractivity contribution in [3.8, 4) is 5.75 Å². The van der Waals surface area contributed by atoms with Crippen LogP contribution in [0.25, 0.3) is 10.9 Å². The molecular weight excluding hydrogens is 206 g/mol. The van der Waals surface area contributed by atoms with Crippen molar-refractivity contribution in [1.82, 2.24) is 9.55 Å². The van der Waals surface area contributed by atoms with Gasteiger partial charge in [-0.3, -0.25) is 9.36 Å². The lowest BCUT2D eigenvalue weighted by Crippen LogP contribution is -2.24. The second-order valence-electron chi connectivity index (χ2n) is 3.45. The van der Waals surface area contributed by atoms with Gasteiger partial charge in [0.15, 0.2) is 0 Å². The molecule has 0 spiro atoms. The van der Waals surface area contributed by atoms with Crippen LogP contribution < -0.4 is 16.0 Å². The maximum absolute atomic E-state index is 12.0. The monoisotopic (exact) mass is 219 g/mol. The molecule has 5 heteroatoms. The van der Waals surface area contributed by atoms with Crippen LogP contribution in [-0.4, -0.2) is 16.7 Å². The predicted octanol–water partition coefficient (Wildman–Crippen LogP) is 0.401. The molecule has 0 unspecified atom stereocenters. The van der Waals surface area contributed by atoms with Crippen LogP contribution in [0.5, 0.6) is 5.75 Å². The first kappa shape index (κ1) is 10.6. The summed E-state index contributed by atoms with van der Waals surface area (Å²) in [6.45, 7) is 0.222. The van der Waals surface area contributed by atoms with Crippen LogP contribution in [0.15, 0.2) is 23.0 Å². The van der Waals surface area contributed by atoms with Gasteiger partial charge in [-0.1, -0.05) is 6.07 Å². The minimum Gasteiger partial charge on any atom is -0.494 e. The Morgan fingerprint density at radius 1 is 1.50 bits per heavy atom. The Balaban J connectivity index is 2.92. The van der Waals surface area contributed by atoms with E-state index in [9.17, 15) is 4.79 Å². The molecule has 0 radical (unpaired) electrons. The molecular formula is C11H13N3O2. The summed E-state index contributed by atoms with van der Waals surface area (Å²) in [6, 6.07) is 5.27. The van der Waals surface area contributed by atoms with Gasteiger partial charge in [-0.2, -0.15) is 0 Å². The largest absolute Gasteiger partial charge is 0.494 e. The SMILES string of the molecule is COc1cccc2c(=O)n(C)c(CN)nc12. The molecule has 1 aromatic heterocycles. The third-order valence-corrected chi connectivity index (χ3v) is 2.56. The van der Waals surface area contributed by atoms with Crippen molar-refractivity contribution in [2.45, 2.75) is 6.54 Å². The summed E-state index contributed by atoms with van der Waals surface area (Å²) >= 11 is 0. The number of methoxy groups -OCH3 is 1. The van der Waals surface area contributed by atoms with Crippen LogP contribution in [0.3, 0.4) is 0 Å². The minimum absolute atomic E-state index is 0.107. The molecule has 2 rings (SSSR count). The van der Waals surface area contributed by atoms with Gasteiger partial charge in [0.25, 0.3) is 5.56 Å². The molecule has 0 aliphatic rings. The minimum atomic E-state index is -0.107. The first-order chi connectivity index (χ1) is 7.69. The lowest BCUT2D eigenvalue weighted by Gasteiger charge is -2.09. The molecule has 0 fully saturated rings. The second kappa shape index (κ2) is 3.94. The lowest BCUT2D eigenvalue weighted by atomic mass is 10.2. The van der Waals surface area contributed by atoms with Crippen LogP contribution in [-0.2, 0) is 13.6 Å². The number of aromatic nitrogens is 2. The molecule has 0 atom stereocenters. The molecule has 1 aromatic carbocycles. The van der Waals surface area contributed by atoms with Crippen molar-refractivity contribution in [2.24, 2.45) is 12.8 Å². The van der Waals surface area contributed by atoms with Gasteiger partial charge in [0.1, 0.15) is 17.1 Å². The number of para-hydroxylation sites is 1. The molecule has 2 N–H and O–H groups in total. The van der Waals surface area contributed by atoms with E-state index in [4.69, 9.17) is 10.5 Å². The maximum Gasteiger partial charge on any atom is 0.261 e. The van der Waals surface area contributed by atoms with E-state index in [2.05, 4.69) is 4.98 Å². The smallest absolute Gasteiger partial charge is 0.261 e. The highest BCUT2D eigenvalue weighted by Gasteiger charge is 2.10. The number of nitrogens with two attached hydrogens (primary N) is 1. The molecule has 16 heavy (non-hydrogen) atoms. The molecule has 0 aliphatic heterocycles. The van der Waals surface area contributed by atoms with Crippen molar-refractivity contribution in [3.63, 3.8) is 0 Å². The standard InChI is InChI=1S/C11H13N3O2/c1-14-9(6-12)13-10-7(11(14)15)4-3-5-8(10)16-2/h3-5H,6,12H2,1-2H3. The highest BCUT2D eigenvalue weighted by Crippen LogP contribution is 2.20. The Morgan fingerprint density at radius 2 is 2.25 bits per heavy atom. The van der Waals surface area contributed by atoms with Crippen molar-refractivity contribution in [2.75, 3.05) is 7.11 Å². The van der Waals surface area contributed by atoms with E-state index < -0.39 is 0 Å². The average molecular weight is 219 g/mol. The number of fused-ring (bicyclic) bond motifs is 1. The molecule has 84 valence electrons. The van der Waals surface area contributed by atoms with Gasteiger partial charge in [-0.05, 0) is 12.1 Å². The van der Waals surface area contributed by atoms with Crippen LogP contribution in [0.4, 0.5) is 0 Å². The van der Waals surface area contributed by atoms with Gasteiger partial charge in [0.05, 0.1) is 19.0 Å². The molecule has 2 aromatic rings. The van der Waals surface area contributed by atoms with Gasteiger partial charge in [-0.25, -0.2) is 4.98 Å². The number of nitrogens with zero attached hydrogens (tertiary/aromatic N) is 2. The van der Waals surface area contributed by atoms with Gasteiger partial charge >= 0.3 is 0 Å². The summed E-state index contributed by atoms with van der Waals surface area (Å²) in [7, 11) is 3.21. The van der Waals surface area contributed by atoms with Gasteiger partial charge < -0.3 is 10.5 Å². The number of ether oxygens (including phenoxy) is 1. The Kier molecular flexibility index (Phi) is 2.62. The van der Waals surface area contributed by atoms with Crippen molar-refractivity contribution in [3.05, 3.63) is 34.4 Å². The fraction of sp³-hybridized carbons (Fsp3) is 0.273. The maximum atomic E-state index is 12.0. The summed E-state index contributed by atoms with van der Waals surface area (Å²) < 4.78 is 6.63. The number of rotatable bonds is 2. The molecule has 1 heterocycles. The molecule has 0 amide bonds. The summed E-state index contributed by atoms with van der Waals surface area (Å²) in [5, 5.41) is 0.541.